The Morgan fingerprint density at radius 3 is 2.94 bits per heavy atom. The number of carbonyl (C=O) groups is 1. The molecule has 6 nitrogen and oxygen atoms in total. The predicted octanol–water partition coefficient (Wildman–Crippen LogP) is 0.995. The van der Waals surface area contributed by atoms with Crippen LogP contribution in [0.1, 0.15) is 21.1 Å². The van der Waals surface area contributed by atoms with E-state index in [1.165, 1.54) is 17.5 Å². The number of carbonyl (C=O) groups excluding carboxylic acids is 1. The average molecular weight is 263 g/mol. The first-order valence-electron chi connectivity index (χ1n) is 5.42. The molecule has 18 heavy (non-hydrogen) atoms. The zero-order valence-corrected chi connectivity index (χ0v) is 10.7. The van der Waals surface area contributed by atoms with Gasteiger partial charge in [0.1, 0.15) is 4.88 Å². The lowest BCUT2D eigenvalue weighted by molar-refractivity contribution is 0.100. The molecule has 94 valence electrons. The molecule has 0 saturated carbocycles. The zero-order valence-electron chi connectivity index (χ0n) is 9.88. The zero-order chi connectivity index (χ0) is 13.0. The van der Waals surface area contributed by atoms with Crippen molar-refractivity contribution < 1.29 is 4.79 Å². The smallest absolute Gasteiger partial charge is 0.260 e. The van der Waals surface area contributed by atoms with Crippen molar-refractivity contribution in [3.63, 3.8) is 0 Å². The van der Waals surface area contributed by atoms with Gasteiger partial charge in [0.15, 0.2) is 5.13 Å². The number of rotatable bonds is 5. The van der Waals surface area contributed by atoms with Gasteiger partial charge in [0.05, 0.1) is 17.6 Å². The molecule has 7 heteroatoms. The Bertz CT molecular complexity index is 554. The van der Waals surface area contributed by atoms with Crippen LogP contribution in [0.5, 0.6) is 0 Å². The number of nitrogens with two attached hydrogens (primary N) is 1. The van der Waals surface area contributed by atoms with Crippen LogP contribution in [0.3, 0.4) is 0 Å². The summed E-state index contributed by atoms with van der Waals surface area (Å²) in [4.78, 5) is 23.8. The fraction of sp³-hybridized carbons (Fsp3) is 0.273. The van der Waals surface area contributed by atoms with Gasteiger partial charge in [0.25, 0.3) is 5.91 Å². The van der Waals surface area contributed by atoms with Gasteiger partial charge < -0.3 is 11.1 Å². The van der Waals surface area contributed by atoms with Crippen LogP contribution < -0.4 is 11.1 Å². The first-order chi connectivity index (χ1) is 8.65. The first kappa shape index (κ1) is 12.4. The number of anilines is 1. The minimum absolute atomic E-state index is 0.452. The van der Waals surface area contributed by atoms with Crippen molar-refractivity contribution in [1.29, 1.82) is 0 Å². The van der Waals surface area contributed by atoms with Gasteiger partial charge in [0.2, 0.25) is 0 Å². The van der Waals surface area contributed by atoms with E-state index in [2.05, 4.69) is 20.3 Å². The van der Waals surface area contributed by atoms with Crippen LogP contribution in [-0.4, -0.2) is 27.4 Å². The van der Waals surface area contributed by atoms with Crippen LogP contribution in [-0.2, 0) is 6.42 Å². The van der Waals surface area contributed by atoms with Crippen molar-refractivity contribution in [1.82, 2.24) is 15.0 Å². The van der Waals surface area contributed by atoms with Crippen LogP contribution in [0.2, 0.25) is 0 Å². The van der Waals surface area contributed by atoms with Crippen LogP contribution in [0.15, 0.2) is 18.6 Å². The van der Waals surface area contributed by atoms with E-state index in [0.717, 1.165) is 17.8 Å². The predicted molar refractivity (Wildman–Crippen MR) is 69.6 cm³/mol. The first-order valence-corrected chi connectivity index (χ1v) is 6.24. The lowest BCUT2D eigenvalue weighted by Crippen LogP contribution is -2.08. The third-order valence-electron chi connectivity index (χ3n) is 2.21. The van der Waals surface area contributed by atoms with E-state index < -0.39 is 5.91 Å². The van der Waals surface area contributed by atoms with Crippen LogP contribution in [0.4, 0.5) is 5.13 Å². The van der Waals surface area contributed by atoms with E-state index in [1.807, 2.05) is 6.92 Å². The summed E-state index contributed by atoms with van der Waals surface area (Å²) < 4.78 is 0. The Kier molecular flexibility index (Phi) is 3.83. The molecule has 3 N–H and O–H groups in total. The Morgan fingerprint density at radius 2 is 2.28 bits per heavy atom. The molecule has 2 aromatic rings. The van der Waals surface area contributed by atoms with Gasteiger partial charge >= 0.3 is 0 Å². The lowest BCUT2D eigenvalue weighted by Gasteiger charge is -2.02. The van der Waals surface area contributed by atoms with E-state index in [1.54, 1.807) is 12.4 Å². The fourth-order valence-electron chi connectivity index (χ4n) is 1.40. The third kappa shape index (κ3) is 3.24. The van der Waals surface area contributed by atoms with Crippen molar-refractivity contribution >= 4 is 22.4 Å². The van der Waals surface area contributed by atoms with E-state index in [9.17, 15) is 4.79 Å². The van der Waals surface area contributed by atoms with E-state index in [0.29, 0.717) is 16.6 Å². The van der Waals surface area contributed by atoms with Gasteiger partial charge in [-0.2, -0.15) is 0 Å². The molecule has 0 atom stereocenters. The highest BCUT2D eigenvalue weighted by Crippen LogP contribution is 2.17. The average Bonchev–Trinajstić information content (AvgIpc) is 2.78. The highest BCUT2D eigenvalue weighted by atomic mass is 32.1. The maximum absolute atomic E-state index is 10.9. The minimum atomic E-state index is -0.454. The number of aryl methyl sites for hydroxylation is 1. The summed E-state index contributed by atoms with van der Waals surface area (Å²) in [5, 5.41) is 3.80. The molecule has 0 unspecified atom stereocenters. The molecule has 0 spiro atoms. The van der Waals surface area contributed by atoms with Gasteiger partial charge in [-0.3, -0.25) is 14.8 Å². The maximum Gasteiger partial charge on any atom is 0.260 e. The standard InChI is InChI=1S/C11H13N5OS/c1-7-4-13-5-8(16-7)2-3-14-11-15-6-9(18-11)10(12)17/h4-6H,2-3H2,1H3,(H2,12,17)(H,14,15). The summed E-state index contributed by atoms with van der Waals surface area (Å²) >= 11 is 1.25. The normalized spacial score (nSPS) is 10.3. The van der Waals surface area contributed by atoms with Crippen LogP contribution in [0.25, 0.3) is 0 Å². The largest absolute Gasteiger partial charge is 0.365 e. The van der Waals surface area contributed by atoms with Crippen molar-refractivity contribution in [2.75, 3.05) is 11.9 Å². The van der Waals surface area contributed by atoms with Gasteiger partial charge in [-0.05, 0) is 6.92 Å². The molecule has 0 saturated heterocycles. The topological polar surface area (TPSA) is 93.8 Å². The summed E-state index contributed by atoms with van der Waals surface area (Å²) in [6.07, 6.45) is 5.68. The Balaban J connectivity index is 1.86. The monoisotopic (exact) mass is 263 g/mol. The van der Waals surface area contributed by atoms with Crippen molar-refractivity contribution in [2.24, 2.45) is 5.73 Å². The summed E-state index contributed by atoms with van der Waals surface area (Å²) in [5.74, 6) is -0.454. The van der Waals surface area contributed by atoms with Crippen LogP contribution >= 0.6 is 11.3 Å². The molecule has 0 aromatic carbocycles. The Hall–Kier alpha value is -2.02. The van der Waals surface area contributed by atoms with Gasteiger partial charge in [-0.1, -0.05) is 11.3 Å². The molecule has 0 radical (unpaired) electrons. The lowest BCUT2D eigenvalue weighted by atomic mass is 10.3. The Labute approximate surface area is 108 Å². The number of aromatic nitrogens is 3. The fourth-order valence-corrected chi connectivity index (χ4v) is 2.10. The molecule has 1 amide bonds. The van der Waals surface area contributed by atoms with Crippen molar-refractivity contribution in [3.8, 4) is 0 Å². The second-order valence-corrected chi connectivity index (χ2v) is 4.75. The number of amides is 1. The van der Waals surface area contributed by atoms with Crippen molar-refractivity contribution in [3.05, 3.63) is 34.9 Å². The second kappa shape index (κ2) is 5.54. The molecule has 0 aliphatic heterocycles. The van der Waals surface area contributed by atoms with Gasteiger partial charge in [0, 0.05) is 25.4 Å². The summed E-state index contributed by atoms with van der Waals surface area (Å²) in [7, 11) is 0. The number of nitrogens with zero attached hydrogens (tertiary/aromatic N) is 3. The third-order valence-corrected chi connectivity index (χ3v) is 3.18. The molecule has 0 aliphatic rings. The minimum Gasteiger partial charge on any atom is -0.365 e. The number of hydrogen-bond donors (Lipinski definition) is 2. The SMILES string of the molecule is Cc1cncc(CCNc2ncc(C(N)=O)s2)n1. The van der Waals surface area contributed by atoms with Gasteiger partial charge in [-0.15, -0.1) is 0 Å². The van der Waals surface area contributed by atoms with E-state index in [4.69, 9.17) is 5.73 Å². The number of thiazole rings is 1. The highest BCUT2D eigenvalue weighted by molar-refractivity contribution is 7.17. The molecule has 2 aromatic heterocycles. The molecular weight excluding hydrogens is 250 g/mol. The molecule has 0 aliphatic carbocycles. The Morgan fingerprint density at radius 1 is 1.44 bits per heavy atom. The maximum atomic E-state index is 10.9. The van der Waals surface area contributed by atoms with E-state index in [-0.39, 0.29) is 0 Å². The number of primary amides is 1. The van der Waals surface area contributed by atoms with E-state index >= 15 is 0 Å². The van der Waals surface area contributed by atoms with Crippen LogP contribution in [0, 0.1) is 6.92 Å². The second-order valence-electron chi connectivity index (χ2n) is 3.72. The highest BCUT2D eigenvalue weighted by Gasteiger charge is 2.06. The molecular formula is C11H13N5OS. The summed E-state index contributed by atoms with van der Waals surface area (Å²) in [5.41, 5.74) is 6.97. The van der Waals surface area contributed by atoms with Crippen molar-refractivity contribution in [2.45, 2.75) is 13.3 Å². The summed E-state index contributed by atoms with van der Waals surface area (Å²) in [6.45, 7) is 2.59. The molecule has 2 rings (SSSR count). The summed E-state index contributed by atoms with van der Waals surface area (Å²) in [6, 6.07) is 0. The molecule has 0 fully saturated rings. The number of nitrogens with one attached hydrogen (secondary N) is 1. The molecule has 2 heterocycles. The molecule has 0 bridgehead atoms. The van der Waals surface area contributed by atoms with Gasteiger partial charge in [-0.25, -0.2) is 4.98 Å². The quantitative estimate of drug-likeness (QED) is 0.839. The number of hydrogen-bond acceptors (Lipinski definition) is 6.